The molecule has 11 heteroatoms. The molecule has 1 heterocycles. The molecule has 0 amide bonds. The zero-order valence-corrected chi connectivity index (χ0v) is 14.4. The number of nitrogens with two attached hydrogens (primary N) is 1. The first kappa shape index (κ1) is 22.0. The molecule has 5 nitrogen and oxygen atoms in total. The fourth-order valence-electron chi connectivity index (χ4n) is 1.98. The van der Waals surface area contributed by atoms with Gasteiger partial charge in [-0.3, -0.25) is 4.68 Å². The largest absolute Gasteiger partial charge is 0.573 e. The van der Waals surface area contributed by atoms with Gasteiger partial charge in [0.15, 0.2) is 18.1 Å². The SMILES string of the molecule is CC(F)(F)COc1cc(-c2cnn(CCN)c2)ccc1OC(F)(F)F.Cl. The van der Waals surface area contributed by atoms with E-state index < -0.39 is 30.4 Å². The first-order valence-electron chi connectivity index (χ1n) is 7.21. The standard InChI is InChI=1S/C15H16F5N3O2.ClH/c1-14(16,17)9-24-13-6-10(2-3-12(13)25-15(18,19)20)11-7-22-23(8-11)5-4-21;/h2-3,6-8H,4-5,9,21H2,1H3;1H. The summed E-state index contributed by atoms with van der Waals surface area (Å²) in [6.45, 7) is 0.329. The first-order valence-corrected chi connectivity index (χ1v) is 7.21. The van der Waals surface area contributed by atoms with Crippen molar-refractivity contribution in [1.82, 2.24) is 9.78 Å². The van der Waals surface area contributed by atoms with Crippen molar-refractivity contribution in [1.29, 1.82) is 0 Å². The van der Waals surface area contributed by atoms with E-state index >= 15 is 0 Å². The van der Waals surface area contributed by atoms with Crippen molar-refractivity contribution in [3.05, 3.63) is 30.6 Å². The number of nitrogens with zero attached hydrogens (tertiary/aromatic N) is 2. The van der Waals surface area contributed by atoms with Gasteiger partial charge >= 0.3 is 6.36 Å². The third kappa shape index (κ3) is 6.68. The lowest BCUT2D eigenvalue weighted by atomic mass is 10.1. The van der Waals surface area contributed by atoms with Gasteiger partial charge in [0, 0.05) is 25.2 Å². The molecule has 0 atom stereocenters. The second-order valence-electron chi connectivity index (χ2n) is 5.35. The Morgan fingerprint density at radius 3 is 2.38 bits per heavy atom. The van der Waals surface area contributed by atoms with Crippen LogP contribution in [0.4, 0.5) is 22.0 Å². The van der Waals surface area contributed by atoms with E-state index in [-0.39, 0.29) is 12.4 Å². The van der Waals surface area contributed by atoms with E-state index in [0.29, 0.717) is 31.1 Å². The number of hydrogen-bond donors (Lipinski definition) is 1. The van der Waals surface area contributed by atoms with Gasteiger partial charge in [-0.05, 0) is 17.7 Å². The molecule has 0 radical (unpaired) electrons. The van der Waals surface area contributed by atoms with Crippen LogP contribution in [-0.2, 0) is 6.54 Å². The molecule has 0 aliphatic heterocycles. The number of halogens is 6. The van der Waals surface area contributed by atoms with Gasteiger partial charge in [0.1, 0.15) is 0 Å². The van der Waals surface area contributed by atoms with Crippen LogP contribution < -0.4 is 15.2 Å². The van der Waals surface area contributed by atoms with Gasteiger partial charge in [-0.1, -0.05) is 6.07 Å². The number of rotatable bonds is 7. The predicted octanol–water partition coefficient (Wildman–Crippen LogP) is 3.86. The number of alkyl halides is 5. The van der Waals surface area contributed by atoms with Gasteiger partial charge in [-0.25, -0.2) is 8.78 Å². The van der Waals surface area contributed by atoms with Crippen molar-refractivity contribution in [2.24, 2.45) is 5.73 Å². The Kier molecular flexibility index (Phi) is 7.22. The van der Waals surface area contributed by atoms with E-state index in [9.17, 15) is 22.0 Å². The van der Waals surface area contributed by atoms with E-state index in [1.165, 1.54) is 18.3 Å². The van der Waals surface area contributed by atoms with Gasteiger partial charge in [-0.15, -0.1) is 25.6 Å². The number of benzene rings is 1. The molecule has 1 aromatic carbocycles. The number of aromatic nitrogens is 2. The fourth-order valence-corrected chi connectivity index (χ4v) is 1.98. The fraction of sp³-hybridized carbons (Fsp3) is 0.400. The Balaban J connectivity index is 0.00000338. The lowest BCUT2D eigenvalue weighted by molar-refractivity contribution is -0.275. The molecule has 0 aliphatic rings. The van der Waals surface area contributed by atoms with E-state index in [4.69, 9.17) is 10.5 Å². The summed E-state index contributed by atoms with van der Waals surface area (Å²) >= 11 is 0. The minimum absolute atomic E-state index is 0. The molecule has 0 saturated carbocycles. The molecular weight excluding hydrogens is 385 g/mol. The third-order valence-electron chi connectivity index (χ3n) is 2.98. The number of hydrogen-bond acceptors (Lipinski definition) is 4. The van der Waals surface area contributed by atoms with Crippen LogP contribution in [0.15, 0.2) is 30.6 Å². The molecule has 2 aromatic rings. The van der Waals surface area contributed by atoms with Crippen molar-refractivity contribution < 1.29 is 31.4 Å². The summed E-state index contributed by atoms with van der Waals surface area (Å²) in [4.78, 5) is 0. The maximum Gasteiger partial charge on any atom is 0.573 e. The van der Waals surface area contributed by atoms with Crippen LogP contribution in [-0.4, -0.2) is 35.2 Å². The van der Waals surface area contributed by atoms with Gasteiger partial charge < -0.3 is 15.2 Å². The van der Waals surface area contributed by atoms with Crippen LogP contribution in [0, 0.1) is 0 Å². The molecule has 0 saturated heterocycles. The monoisotopic (exact) mass is 401 g/mol. The first-order chi connectivity index (χ1) is 11.6. The van der Waals surface area contributed by atoms with Crippen LogP contribution in [0.5, 0.6) is 11.5 Å². The van der Waals surface area contributed by atoms with Crippen LogP contribution >= 0.6 is 12.4 Å². The Hall–Kier alpha value is -2.07. The summed E-state index contributed by atoms with van der Waals surface area (Å²) in [6, 6.07) is 3.55. The molecule has 26 heavy (non-hydrogen) atoms. The second kappa shape index (κ2) is 8.54. The zero-order chi connectivity index (χ0) is 18.7. The van der Waals surface area contributed by atoms with E-state index in [1.54, 1.807) is 10.9 Å². The highest BCUT2D eigenvalue weighted by Gasteiger charge is 2.33. The highest BCUT2D eigenvalue weighted by Crippen LogP contribution is 2.36. The Morgan fingerprint density at radius 2 is 1.81 bits per heavy atom. The summed E-state index contributed by atoms with van der Waals surface area (Å²) in [5, 5.41) is 4.04. The van der Waals surface area contributed by atoms with Gasteiger partial charge in [-0.2, -0.15) is 5.10 Å². The van der Waals surface area contributed by atoms with Gasteiger partial charge in [0.25, 0.3) is 5.92 Å². The third-order valence-corrected chi connectivity index (χ3v) is 2.98. The van der Waals surface area contributed by atoms with Crippen LogP contribution in [0.2, 0.25) is 0 Å². The van der Waals surface area contributed by atoms with Crippen molar-refractivity contribution in [2.45, 2.75) is 25.8 Å². The normalized spacial score (nSPS) is 11.8. The summed E-state index contributed by atoms with van der Waals surface area (Å²) in [5.74, 6) is -4.35. The molecule has 0 fully saturated rings. The molecule has 2 rings (SSSR count). The summed E-state index contributed by atoms with van der Waals surface area (Å²) in [7, 11) is 0. The topological polar surface area (TPSA) is 62.3 Å². The molecule has 1 aromatic heterocycles. The van der Waals surface area contributed by atoms with E-state index in [1.807, 2.05) is 0 Å². The Labute approximate surface area is 152 Å². The minimum atomic E-state index is -4.97. The zero-order valence-electron chi connectivity index (χ0n) is 13.6. The molecule has 0 spiro atoms. The van der Waals surface area contributed by atoms with Crippen molar-refractivity contribution in [3.8, 4) is 22.6 Å². The molecule has 0 aliphatic carbocycles. The van der Waals surface area contributed by atoms with Crippen molar-refractivity contribution in [3.63, 3.8) is 0 Å². The Bertz CT molecular complexity index is 716. The molecule has 0 bridgehead atoms. The summed E-state index contributed by atoms with van der Waals surface area (Å²) in [6.07, 6.45) is -1.86. The van der Waals surface area contributed by atoms with Crippen molar-refractivity contribution >= 4 is 12.4 Å². The molecule has 146 valence electrons. The smallest absolute Gasteiger partial charge is 0.483 e. The highest BCUT2D eigenvalue weighted by molar-refractivity contribution is 5.85. The maximum atomic E-state index is 13.0. The predicted molar refractivity (Wildman–Crippen MR) is 86.8 cm³/mol. The molecular formula is C15H17ClF5N3O2. The lowest BCUT2D eigenvalue weighted by Gasteiger charge is -2.17. The van der Waals surface area contributed by atoms with Crippen LogP contribution in [0.25, 0.3) is 11.1 Å². The highest BCUT2D eigenvalue weighted by atomic mass is 35.5. The van der Waals surface area contributed by atoms with Crippen LogP contribution in [0.3, 0.4) is 0 Å². The lowest BCUT2D eigenvalue weighted by Crippen LogP contribution is -2.22. The van der Waals surface area contributed by atoms with Gasteiger partial charge in [0.05, 0.1) is 12.7 Å². The van der Waals surface area contributed by atoms with Gasteiger partial charge in [0.2, 0.25) is 0 Å². The van der Waals surface area contributed by atoms with Crippen LogP contribution in [0.1, 0.15) is 6.92 Å². The average Bonchev–Trinajstić information content (AvgIpc) is 2.93. The quantitative estimate of drug-likeness (QED) is 0.716. The van der Waals surface area contributed by atoms with E-state index in [2.05, 4.69) is 9.84 Å². The van der Waals surface area contributed by atoms with E-state index in [0.717, 1.165) is 6.07 Å². The Morgan fingerprint density at radius 1 is 1.12 bits per heavy atom. The average molecular weight is 402 g/mol. The maximum absolute atomic E-state index is 13.0. The number of ether oxygens (including phenoxy) is 2. The second-order valence-corrected chi connectivity index (χ2v) is 5.35. The molecule has 0 unspecified atom stereocenters. The summed E-state index contributed by atoms with van der Waals surface area (Å²) < 4.78 is 73.5. The summed E-state index contributed by atoms with van der Waals surface area (Å²) in [5.41, 5.74) is 6.42. The minimum Gasteiger partial charge on any atom is -0.483 e. The van der Waals surface area contributed by atoms with Crippen molar-refractivity contribution in [2.75, 3.05) is 13.2 Å². The molecule has 2 N–H and O–H groups in total.